The predicted octanol–water partition coefficient (Wildman–Crippen LogP) is 3.14. The molecule has 0 aliphatic rings. The van der Waals surface area contributed by atoms with Crippen molar-refractivity contribution in [3.8, 4) is 0 Å². The van der Waals surface area contributed by atoms with E-state index in [4.69, 9.17) is 11.6 Å². The fourth-order valence-corrected chi connectivity index (χ4v) is 2.33. The molecule has 0 aliphatic carbocycles. The first kappa shape index (κ1) is 15.3. The molecule has 4 nitrogen and oxygen atoms in total. The van der Waals surface area contributed by atoms with Crippen molar-refractivity contribution >= 4 is 23.3 Å². The number of aromatic nitrogens is 1. The summed E-state index contributed by atoms with van der Waals surface area (Å²) in [5.74, 6) is 0.390. The molecule has 110 valence electrons. The fraction of sp³-hybridized carbons (Fsp3) is 0.250. The van der Waals surface area contributed by atoms with Crippen molar-refractivity contribution in [1.29, 1.82) is 0 Å². The lowest BCUT2D eigenvalue weighted by Crippen LogP contribution is -2.34. The van der Waals surface area contributed by atoms with E-state index in [0.717, 1.165) is 6.42 Å². The van der Waals surface area contributed by atoms with E-state index in [9.17, 15) is 4.79 Å². The Bertz CT molecular complexity index is 616. The van der Waals surface area contributed by atoms with E-state index in [-0.39, 0.29) is 11.9 Å². The zero-order valence-electron chi connectivity index (χ0n) is 12.1. The maximum Gasteiger partial charge on any atom is 0.253 e. The van der Waals surface area contributed by atoms with Gasteiger partial charge in [0.2, 0.25) is 0 Å². The van der Waals surface area contributed by atoms with Crippen LogP contribution in [0.4, 0.5) is 5.82 Å². The Balaban J connectivity index is 1.99. The molecule has 2 rings (SSSR count). The summed E-state index contributed by atoms with van der Waals surface area (Å²) in [6, 6.07) is 11.7. The summed E-state index contributed by atoms with van der Waals surface area (Å²) < 4.78 is 0. The van der Waals surface area contributed by atoms with Crippen molar-refractivity contribution in [2.75, 3.05) is 12.4 Å². The topological polar surface area (TPSA) is 54.0 Å². The summed E-state index contributed by atoms with van der Waals surface area (Å²) in [6.07, 6.45) is 2.30. The molecule has 1 amide bonds. The zero-order valence-corrected chi connectivity index (χ0v) is 12.8. The number of benzene rings is 1. The van der Waals surface area contributed by atoms with Crippen molar-refractivity contribution in [3.05, 3.63) is 58.7 Å². The van der Waals surface area contributed by atoms with Gasteiger partial charge >= 0.3 is 0 Å². The molecule has 0 aliphatic heterocycles. The van der Waals surface area contributed by atoms with E-state index in [2.05, 4.69) is 15.6 Å². The molecule has 21 heavy (non-hydrogen) atoms. The van der Waals surface area contributed by atoms with Crippen LogP contribution in [-0.2, 0) is 6.42 Å². The molecular weight excluding hydrogens is 286 g/mol. The van der Waals surface area contributed by atoms with Crippen LogP contribution in [0.15, 0.2) is 42.6 Å². The number of carbonyl (C=O) groups is 1. The van der Waals surface area contributed by atoms with Crippen molar-refractivity contribution in [1.82, 2.24) is 10.3 Å². The minimum Gasteiger partial charge on any atom is -0.372 e. The molecule has 1 unspecified atom stereocenters. The van der Waals surface area contributed by atoms with Crippen LogP contribution < -0.4 is 10.6 Å². The van der Waals surface area contributed by atoms with E-state index in [0.29, 0.717) is 16.4 Å². The van der Waals surface area contributed by atoms with Gasteiger partial charge < -0.3 is 10.6 Å². The largest absolute Gasteiger partial charge is 0.372 e. The molecule has 0 bridgehead atoms. The van der Waals surface area contributed by atoms with Crippen LogP contribution in [0.1, 0.15) is 22.8 Å². The smallest absolute Gasteiger partial charge is 0.253 e. The predicted molar refractivity (Wildman–Crippen MR) is 85.9 cm³/mol. The number of amides is 1. The van der Waals surface area contributed by atoms with Gasteiger partial charge in [0.25, 0.3) is 5.91 Å². The fourth-order valence-electron chi connectivity index (χ4n) is 2.07. The summed E-state index contributed by atoms with van der Waals surface area (Å²) in [4.78, 5) is 16.3. The molecule has 1 heterocycles. The average Bonchev–Trinajstić information content (AvgIpc) is 2.48. The molecule has 2 aromatic rings. The Morgan fingerprint density at radius 2 is 2.05 bits per heavy atom. The van der Waals surface area contributed by atoms with Crippen LogP contribution >= 0.6 is 11.6 Å². The molecule has 1 aromatic heterocycles. The number of carbonyl (C=O) groups excluding carboxylic acids is 1. The highest BCUT2D eigenvalue weighted by atomic mass is 35.5. The first-order valence-corrected chi connectivity index (χ1v) is 7.16. The summed E-state index contributed by atoms with van der Waals surface area (Å²) in [5, 5.41) is 6.24. The highest BCUT2D eigenvalue weighted by Crippen LogP contribution is 2.19. The van der Waals surface area contributed by atoms with E-state index in [1.165, 1.54) is 11.8 Å². The second kappa shape index (κ2) is 7.09. The molecule has 0 saturated heterocycles. The summed E-state index contributed by atoms with van der Waals surface area (Å²) in [7, 11) is 1.73. The molecule has 2 N–H and O–H groups in total. The van der Waals surface area contributed by atoms with Gasteiger partial charge in [-0.3, -0.25) is 4.79 Å². The van der Waals surface area contributed by atoms with Crippen LogP contribution in [0.3, 0.4) is 0 Å². The molecule has 1 atom stereocenters. The minimum atomic E-state index is -0.171. The number of pyridine rings is 1. The lowest BCUT2D eigenvalue weighted by atomic mass is 10.1. The van der Waals surface area contributed by atoms with Crippen molar-refractivity contribution in [2.24, 2.45) is 0 Å². The van der Waals surface area contributed by atoms with E-state index >= 15 is 0 Å². The normalized spacial score (nSPS) is 11.8. The number of nitrogens with one attached hydrogen (secondary N) is 2. The molecule has 1 aromatic carbocycles. The van der Waals surface area contributed by atoms with Crippen LogP contribution in [-0.4, -0.2) is 24.0 Å². The van der Waals surface area contributed by atoms with Crippen molar-refractivity contribution < 1.29 is 4.79 Å². The van der Waals surface area contributed by atoms with E-state index < -0.39 is 0 Å². The Morgan fingerprint density at radius 1 is 1.33 bits per heavy atom. The standard InChI is InChI=1S/C16H18ClN3O/c1-11(8-12-6-4-3-5-7-12)20-16(21)13-9-14(17)15(18-2)19-10-13/h3-7,9-11H,8H2,1-2H3,(H,18,19)(H,20,21). The number of nitrogens with zero attached hydrogens (tertiary/aromatic N) is 1. The first-order chi connectivity index (χ1) is 10.1. The van der Waals surface area contributed by atoms with E-state index in [1.807, 2.05) is 37.3 Å². The van der Waals surface area contributed by atoms with Gasteiger partial charge in [0.1, 0.15) is 5.82 Å². The summed E-state index contributed by atoms with van der Waals surface area (Å²) in [5.41, 5.74) is 1.64. The molecule has 5 heteroatoms. The molecule has 0 saturated carbocycles. The zero-order chi connectivity index (χ0) is 15.2. The maximum absolute atomic E-state index is 12.2. The van der Waals surface area contributed by atoms with Gasteiger partial charge in [0.05, 0.1) is 10.6 Å². The number of rotatable bonds is 5. The maximum atomic E-state index is 12.2. The summed E-state index contributed by atoms with van der Waals surface area (Å²) in [6.45, 7) is 1.97. The molecule has 0 radical (unpaired) electrons. The SMILES string of the molecule is CNc1ncc(C(=O)NC(C)Cc2ccccc2)cc1Cl. The van der Waals surface area contributed by atoms with Gasteiger partial charge in [0.15, 0.2) is 0 Å². The average molecular weight is 304 g/mol. The van der Waals surface area contributed by atoms with Gasteiger partial charge in [-0.1, -0.05) is 41.9 Å². The van der Waals surface area contributed by atoms with Gasteiger partial charge in [-0.2, -0.15) is 0 Å². The second-order valence-electron chi connectivity index (χ2n) is 4.87. The molecular formula is C16H18ClN3O. The summed E-state index contributed by atoms with van der Waals surface area (Å²) >= 11 is 6.03. The van der Waals surface area contributed by atoms with Crippen LogP contribution in [0.25, 0.3) is 0 Å². The van der Waals surface area contributed by atoms with Crippen LogP contribution in [0, 0.1) is 0 Å². The number of anilines is 1. The third kappa shape index (κ3) is 4.20. The highest BCUT2D eigenvalue weighted by Gasteiger charge is 2.12. The number of hydrogen-bond acceptors (Lipinski definition) is 3. The Kier molecular flexibility index (Phi) is 5.17. The van der Waals surface area contributed by atoms with Gasteiger partial charge in [-0.25, -0.2) is 4.98 Å². The molecule has 0 spiro atoms. The van der Waals surface area contributed by atoms with E-state index in [1.54, 1.807) is 13.1 Å². The third-order valence-corrected chi connectivity index (χ3v) is 3.39. The molecule has 0 fully saturated rings. The monoisotopic (exact) mass is 303 g/mol. The lowest BCUT2D eigenvalue weighted by Gasteiger charge is -2.14. The Labute approximate surface area is 129 Å². The van der Waals surface area contributed by atoms with Crippen molar-refractivity contribution in [3.63, 3.8) is 0 Å². The first-order valence-electron chi connectivity index (χ1n) is 6.78. The van der Waals surface area contributed by atoms with Crippen LogP contribution in [0.2, 0.25) is 5.02 Å². The van der Waals surface area contributed by atoms with Gasteiger partial charge in [-0.15, -0.1) is 0 Å². The van der Waals surface area contributed by atoms with Crippen LogP contribution in [0.5, 0.6) is 0 Å². The van der Waals surface area contributed by atoms with Gasteiger partial charge in [0, 0.05) is 19.3 Å². The number of hydrogen-bond donors (Lipinski definition) is 2. The quantitative estimate of drug-likeness (QED) is 0.892. The lowest BCUT2D eigenvalue weighted by molar-refractivity contribution is 0.0940. The van der Waals surface area contributed by atoms with Crippen molar-refractivity contribution in [2.45, 2.75) is 19.4 Å². The number of halogens is 1. The Hall–Kier alpha value is -2.07. The second-order valence-corrected chi connectivity index (χ2v) is 5.28. The third-order valence-electron chi connectivity index (χ3n) is 3.10. The van der Waals surface area contributed by atoms with Gasteiger partial charge in [-0.05, 0) is 25.0 Å². The Morgan fingerprint density at radius 3 is 2.67 bits per heavy atom. The highest BCUT2D eigenvalue weighted by molar-refractivity contribution is 6.33. The minimum absolute atomic E-state index is 0.0302.